The van der Waals surface area contributed by atoms with Crippen molar-refractivity contribution in [1.82, 2.24) is 24.6 Å². The van der Waals surface area contributed by atoms with Crippen molar-refractivity contribution < 1.29 is 13.2 Å². The number of likely N-dealkylation sites (tertiary alicyclic amines) is 1. The molecule has 3 heterocycles. The van der Waals surface area contributed by atoms with Crippen LogP contribution in [-0.2, 0) is 0 Å². The molecule has 142 valence electrons. The third-order valence-electron chi connectivity index (χ3n) is 5.59. The Balaban J connectivity index is 1.66. The summed E-state index contributed by atoms with van der Waals surface area (Å²) in [6.45, 7) is 1.56. The van der Waals surface area contributed by atoms with Crippen LogP contribution in [0.1, 0.15) is 50.4 Å². The number of aromatic nitrogens is 4. The number of nitrogens with one attached hydrogen (secondary N) is 1. The van der Waals surface area contributed by atoms with Gasteiger partial charge in [-0.25, -0.2) is 9.67 Å². The number of alkyl halides is 3. The van der Waals surface area contributed by atoms with Gasteiger partial charge in [-0.05, 0) is 18.8 Å². The van der Waals surface area contributed by atoms with Crippen molar-refractivity contribution in [2.45, 2.75) is 50.7 Å². The molecule has 1 saturated heterocycles. The minimum atomic E-state index is -4.22. The molecule has 2 aromatic heterocycles. The number of H-pyrrole nitrogens is 1. The molecule has 0 unspecified atom stereocenters. The number of aromatic amines is 1. The highest BCUT2D eigenvalue weighted by Crippen LogP contribution is 2.34. The largest absolute Gasteiger partial charge is 0.401 e. The van der Waals surface area contributed by atoms with Crippen molar-refractivity contribution in [3.05, 3.63) is 22.4 Å². The summed E-state index contributed by atoms with van der Waals surface area (Å²) >= 11 is 0. The van der Waals surface area contributed by atoms with Gasteiger partial charge < -0.3 is 4.98 Å². The van der Waals surface area contributed by atoms with Crippen LogP contribution < -0.4 is 5.56 Å². The van der Waals surface area contributed by atoms with E-state index in [0.29, 0.717) is 23.4 Å². The Bertz CT molecular complexity index is 852. The maximum Gasteiger partial charge on any atom is 0.401 e. The maximum absolute atomic E-state index is 12.7. The van der Waals surface area contributed by atoms with Gasteiger partial charge in [-0.1, -0.05) is 19.8 Å². The highest BCUT2D eigenvalue weighted by molar-refractivity contribution is 5.73. The van der Waals surface area contributed by atoms with Gasteiger partial charge in [0.2, 0.25) is 0 Å². The van der Waals surface area contributed by atoms with Crippen molar-refractivity contribution in [2.24, 2.45) is 5.92 Å². The van der Waals surface area contributed by atoms with Crippen LogP contribution in [0.2, 0.25) is 0 Å². The van der Waals surface area contributed by atoms with Crippen LogP contribution in [-0.4, -0.2) is 50.5 Å². The lowest BCUT2D eigenvalue weighted by atomic mass is 9.97. The predicted molar refractivity (Wildman–Crippen MR) is 90.1 cm³/mol. The minimum Gasteiger partial charge on any atom is -0.310 e. The van der Waals surface area contributed by atoms with Crippen molar-refractivity contribution in [1.29, 1.82) is 0 Å². The van der Waals surface area contributed by atoms with Gasteiger partial charge in [0, 0.05) is 19.0 Å². The first-order chi connectivity index (χ1) is 12.3. The summed E-state index contributed by atoms with van der Waals surface area (Å²) in [6, 6.07) is 0.248. The van der Waals surface area contributed by atoms with Crippen molar-refractivity contribution in [2.75, 3.05) is 19.6 Å². The van der Waals surface area contributed by atoms with E-state index in [1.54, 1.807) is 0 Å². The molecular weight excluding hydrogens is 347 g/mol. The number of nitrogens with zero attached hydrogens (tertiary/aromatic N) is 4. The van der Waals surface area contributed by atoms with Gasteiger partial charge in [0.1, 0.15) is 11.2 Å². The van der Waals surface area contributed by atoms with Crippen molar-refractivity contribution in [3.63, 3.8) is 0 Å². The molecule has 0 bridgehead atoms. The summed E-state index contributed by atoms with van der Waals surface area (Å²) in [5.74, 6) is 0.238. The average Bonchev–Trinajstić information content (AvgIpc) is 3.24. The Kier molecular flexibility index (Phi) is 4.29. The summed E-state index contributed by atoms with van der Waals surface area (Å²) in [5.41, 5.74) is 0.285. The summed E-state index contributed by atoms with van der Waals surface area (Å²) in [7, 11) is 0. The van der Waals surface area contributed by atoms with E-state index in [1.807, 2.05) is 11.6 Å². The third-order valence-corrected chi connectivity index (χ3v) is 5.59. The van der Waals surface area contributed by atoms with E-state index in [4.69, 9.17) is 0 Å². The van der Waals surface area contributed by atoms with Crippen LogP contribution in [0.4, 0.5) is 13.2 Å². The van der Waals surface area contributed by atoms with Gasteiger partial charge in [0.25, 0.3) is 5.56 Å². The molecule has 1 aliphatic heterocycles. The normalized spacial score (nSPS) is 25.5. The fourth-order valence-corrected chi connectivity index (χ4v) is 4.35. The molecule has 9 heteroatoms. The summed E-state index contributed by atoms with van der Waals surface area (Å²) < 4.78 is 39.9. The van der Waals surface area contributed by atoms with E-state index < -0.39 is 12.7 Å². The molecule has 1 N–H and O–H groups in total. The van der Waals surface area contributed by atoms with Crippen LogP contribution in [0.3, 0.4) is 0 Å². The third kappa shape index (κ3) is 3.24. The van der Waals surface area contributed by atoms with Gasteiger partial charge >= 0.3 is 6.18 Å². The molecule has 6 nitrogen and oxygen atoms in total. The van der Waals surface area contributed by atoms with E-state index in [1.165, 1.54) is 11.1 Å². The van der Waals surface area contributed by atoms with E-state index in [9.17, 15) is 18.0 Å². The first-order valence-corrected chi connectivity index (χ1v) is 9.08. The number of halogens is 3. The zero-order chi connectivity index (χ0) is 18.5. The molecule has 2 fully saturated rings. The predicted octanol–water partition coefficient (Wildman–Crippen LogP) is 2.83. The Labute approximate surface area is 148 Å². The van der Waals surface area contributed by atoms with Crippen molar-refractivity contribution >= 4 is 11.0 Å². The second-order valence-electron chi connectivity index (χ2n) is 7.61. The molecule has 1 aliphatic carbocycles. The SMILES string of the molecule is C[C@@H]1CN(CC(F)(F)F)C[C@H]1c1nc2c(cnn2C2CCCC2)c(=O)[nH]1. The zero-order valence-corrected chi connectivity index (χ0v) is 14.6. The molecular formula is C17H22F3N5O. The molecule has 0 aromatic carbocycles. The molecule has 4 rings (SSSR count). The molecule has 1 saturated carbocycles. The fourth-order valence-electron chi connectivity index (χ4n) is 4.35. The fraction of sp³-hybridized carbons (Fsp3) is 0.706. The topological polar surface area (TPSA) is 66.8 Å². The van der Waals surface area contributed by atoms with E-state index in [2.05, 4.69) is 15.1 Å². The van der Waals surface area contributed by atoms with Crippen LogP contribution in [0.15, 0.2) is 11.0 Å². The number of hydrogen-bond acceptors (Lipinski definition) is 4. The van der Waals surface area contributed by atoms with Crippen LogP contribution in [0.25, 0.3) is 11.0 Å². The lowest BCUT2D eigenvalue weighted by molar-refractivity contribution is -0.143. The molecule has 0 radical (unpaired) electrons. The lowest BCUT2D eigenvalue weighted by Gasteiger charge is -2.17. The standard InChI is InChI=1S/C17H22F3N5O/c1-10-7-24(9-17(18,19)20)8-13(10)14-22-15-12(16(26)23-14)6-21-25(15)11-4-2-3-5-11/h6,10-11,13H,2-5,7-9H2,1H3,(H,22,23,26)/t10-,13-/m1/s1. The molecule has 2 atom stereocenters. The smallest absolute Gasteiger partial charge is 0.310 e. The van der Waals surface area contributed by atoms with Gasteiger partial charge in [-0.2, -0.15) is 18.3 Å². The molecule has 26 heavy (non-hydrogen) atoms. The zero-order valence-electron chi connectivity index (χ0n) is 14.6. The van der Waals surface area contributed by atoms with E-state index >= 15 is 0 Å². The first kappa shape index (κ1) is 17.5. The van der Waals surface area contributed by atoms with Crippen LogP contribution in [0, 0.1) is 5.92 Å². The highest BCUT2D eigenvalue weighted by Gasteiger charge is 2.39. The van der Waals surface area contributed by atoms with E-state index in [-0.39, 0.29) is 30.0 Å². The van der Waals surface area contributed by atoms with Gasteiger partial charge in [0.15, 0.2) is 5.65 Å². The lowest BCUT2D eigenvalue weighted by Crippen LogP contribution is -2.32. The number of rotatable bonds is 3. The Hall–Kier alpha value is -1.90. The summed E-state index contributed by atoms with van der Waals surface area (Å²) in [4.78, 5) is 21.3. The summed E-state index contributed by atoms with van der Waals surface area (Å²) in [5, 5.41) is 4.81. The maximum atomic E-state index is 12.7. The Morgan fingerprint density at radius 1 is 1.27 bits per heavy atom. The monoisotopic (exact) mass is 369 g/mol. The first-order valence-electron chi connectivity index (χ1n) is 9.08. The number of hydrogen-bond donors (Lipinski definition) is 1. The van der Waals surface area contributed by atoms with Crippen molar-refractivity contribution in [3.8, 4) is 0 Å². The quantitative estimate of drug-likeness (QED) is 0.904. The second kappa shape index (κ2) is 6.37. The molecule has 0 amide bonds. The second-order valence-corrected chi connectivity index (χ2v) is 7.61. The minimum absolute atomic E-state index is 0.0131. The van der Waals surface area contributed by atoms with E-state index in [0.717, 1.165) is 25.7 Å². The number of fused-ring (bicyclic) bond motifs is 1. The average molecular weight is 369 g/mol. The Morgan fingerprint density at radius 2 is 2.00 bits per heavy atom. The molecule has 2 aliphatic rings. The summed E-state index contributed by atoms with van der Waals surface area (Å²) in [6.07, 6.45) is 1.61. The van der Waals surface area contributed by atoms with Gasteiger partial charge in [-0.3, -0.25) is 9.69 Å². The molecule has 2 aromatic rings. The van der Waals surface area contributed by atoms with Gasteiger partial charge in [0.05, 0.1) is 18.8 Å². The molecule has 0 spiro atoms. The highest BCUT2D eigenvalue weighted by atomic mass is 19.4. The van der Waals surface area contributed by atoms with Crippen LogP contribution >= 0.6 is 0 Å². The van der Waals surface area contributed by atoms with Crippen LogP contribution in [0.5, 0.6) is 0 Å². The van der Waals surface area contributed by atoms with Gasteiger partial charge in [-0.15, -0.1) is 0 Å². The Morgan fingerprint density at radius 3 is 2.69 bits per heavy atom.